The number of allylic oxidation sites excluding steroid dienone is 1. The summed E-state index contributed by atoms with van der Waals surface area (Å²) in [5.41, 5.74) is 6.35. The zero-order valence-corrected chi connectivity index (χ0v) is 14.2. The maximum Gasteiger partial charge on any atom is 0.313 e. The van der Waals surface area contributed by atoms with Crippen LogP contribution in [0.5, 0.6) is 0 Å². The van der Waals surface area contributed by atoms with E-state index in [0.29, 0.717) is 22.5 Å². The molecule has 1 fully saturated rings. The Morgan fingerprint density at radius 3 is 2.85 bits per heavy atom. The fourth-order valence-corrected chi connectivity index (χ4v) is 3.42. The number of aromatic amines is 1. The van der Waals surface area contributed by atoms with Crippen LogP contribution in [0.15, 0.2) is 30.9 Å². The van der Waals surface area contributed by atoms with E-state index in [1.807, 2.05) is 6.08 Å². The zero-order valence-electron chi connectivity index (χ0n) is 14.2. The Hall–Kier alpha value is -3.16. The van der Waals surface area contributed by atoms with E-state index in [9.17, 15) is 14.4 Å². The van der Waals surface area contributed by atoms with Crippen molar-refractivity contribution in [1.82, 2.24) is 15.5 Å². The van der Waals surface area contributed by atoms with Crippen LogP contribution < -0.4 is 16.4 Å². The Balaban J connectivity index is 1.68. The first kappa shape index (κ1) is 17.7. The summed E-state index contributed by atoms with van der Waals surface area (Å²) in [5, 5.41) is 12.4. The molecular weight excluding hydrogens is 334 g/mol. The molecule has 1 aromatic carbocycles. The van der Waals surface area contributed by atoms with Crippen LogP contribution >= 0.6 is 0 Å². The minimum atomic E-state index is -0.752. The minimum absolute atomic E-state index is 0.0101. The van der Waals surface area contributed by atoms with Crippen molar-refractivity contribution in [3.63, 3.8) is 0 Å². The molecular formula is C18H21N5O3. The van der Waals surface area contributed by atoms with Crippen molar-refractivity contribution in [2.45, 2.75) is 31.7 Å². The third-order valence-corrected chi connectivity index (χ3v) is 4.71. The number of hydrogen-bond acceptors (Lipinski definition) is 4. The highest BCUT2D eigenvalue weighted by Gasteiger charge is 2.29. The van der Waals surface area contributed by atoms with E-state index in [1.165, 1.54) is 0 Å². The Morgan fingerprint density at radius 2 is 2.12 bits per heavy atom. The number of carbonyl (C=O) groups excluding carboxylic acids is 3. The van der Waals surface area contributed by atoms with Crippen molar-refractivity contribution in [3.05, 3.63) is 36.5 Å². The molecule has 1 aliphatic rings. The second kappa shape index (κ2) is 7.38. The summed E-state index contributed by atoms with van der Waals surface area (Å²) in [5.74, 6) is -1.78. The van der Waals surface area contributed by atoms with E-state index in [1.54, 1.807) is 18.2 Å². The van der Waals surface area contributed by atoms with E-state index < -0.39 is 17.7 Å². The smallest absolute Gasteiger partial charge is 0.313 e. The van der Waals surface area contributed by atoms with Crippen LogP contribution in [-0.2, 0) is 9.59 Å². The number of amides is 3. The minimum Gasteiger partial charge on any atom is -0.364 e. The summed E-state index contributed by atoms with van der Waals surface area (Å²) in [6.45, 7) is 3.74. The van der Waals surface area contributed by atoms with Crippen molar-refractivity contribution >= 4 is 34.3 Å². The van der Waals surface area contributed by atoms with Crippen molar-refractivity contribution in [2.24, 2.45) is 11.7 Å². The molecule has 1 heterocycles. The van der Waals surface area contributed by atoms with Gasteiger partial charge < -0.3 is 16.4 Å². The van der Waals surface area contributed by atoms with Crippen LogP contribution in [0.3, 0.4) is 0 Å². The van der Waals surface area contributed by atoms with E-state index >= 15 is 0 Å². The van der Waals surface area contributed by atoms with Gasteiger partial charge in [0.05, 0.1) is 5.52 Å². The molecule has 2 unspecified atom stereocenters. The molecule has 8 nitrogen and oxygen atoms in total. The summed E-state index contributed by atoms with van der Waals surface area (Å²) in [6.07, 6.45) is 5.57. The van der Waals surface area contributed by atoms with Gasteiger partial charge in [-0.15, -0.1) is 6.58 Å². The first-order valence-corrected chi connectivity index (χ1v) is 8.50. The fraction of sp³-hybridized carbons (Fsp3) is 0.333. The average Bonchev–Trinajstić information content (AvgIpc) is 3.21. The highest BCUT2D eigenvalue weighted by Crippen LogP contribution is 2.28. The van der Waals surface area contributed by atoms with E-state index in [4.69, 9.17) is 5.73 Å². The summed E-state index contributed by atoms with van der Waals surface area (Å²) >= 11 is 0. The topological polar surface area (TPSA) is 130 Å². The van der Waals surface area contributed by atoms with Gasteiger partial charge in [0.2, 0.25) is 0 Å². The van der Waals surface area contributed by atoms with Gasteiger partial charge in [-0.25, -0.2) is 0 Å². The number of nitrogens with one attached hydrogen (secondary N) is 3. The number of H-pyrrole nitrogens is 1. The van der Waals surface area contributed by atoms with Crippen molar-refractivity contribution < 1.29 is 14.4 Å². The highest BCUT2D eigenvalue weighted by molar-refractivity contribution is 6.39. The summed E-state index contributed by atoms with van der Waals surface area (Å²) in [6, 6.07) is 4.82. The number of fused-ring (bicyclic) bond motifs is 1. The van der Waals surface area contributed by atoms with Gasteiger partial charge in [-0.3, -0.25) is 19.5 Å². The first-order valence-electron chi connectivity index (χ1n) is 8.50. The average molecular weight is 355 g/mol. The number of rotatable bonds is 5. The molecule has 3 rings (SSSR count). The van der Waals surface area contributed by atoms with Gasteiger partial charge in [0, 0.05) is 17.1 Å². The van der Waals surface area contributed by atoms with Gasteiger partial charge in [0.15, 0.2) is 5.69 Å². The molecule has 0 spiro atoms. The van der Waals surface area contributed by atoms with Crippen LogP contribution in [0.4, 0.5) is 5.69 Å². The Bertz CT molecular complexity index is 873. The number of carbonyl (C=O) groups is 3. The Kier molecular flexibility index (Phi) is 5.01. The van der Waals surface area contributed by atoms with E-state index in [-0.39, 0.29) is 11.7 Å². The normalized spacial score (nSPS) is 19.2. The van der Waals surface area contributed by atoms with E-state index in [0.717, 1.165) is 25.7 Å². The van der Waals surface area contributed by atoms with Gasteiger partial charge in [-0.2, -0.15) is 5.10 Å². The monoisotopic (exact) mass is 355 g/mol. The van der Waals surface area contributed by atoms with Crippen LogP contribution in [0.25, 0.3) is 10.9 Å². The standard InChI is InChI=1S/C18H21N5O3/c1-2-4-10-5-3-6-13(10)21-18(26)17(25)20-11-7-8-14-12(9-11)15(16(19)24)23-22-14/h2,7-10,13H,1,3-6H2,(H2,19,24)(H,20,25)(H,21,26)(H,22,23). The fourth-order valence-electron chi connectivity index (χ4n) is 3.42. The maximum absolute atomic E-state index is 12.2. The largest absolute Gasteiger partial charge is 0.364 e. The lowest BCUT2D eigenvalue weighted by Crippen LogP contribution is -2.43. The molecule has 0 saturated heterocycles. The summed E-state index contributed by atoms with van der Waals surface area (Å²) in [4.78, 5) is 35.8. The molecule has 1 aromatic heterocycles. The summed E-state index contributed by atoms with van der Waals surface area (Å²) < 4.78 is 0. The maximum atomic E-state index is 12.2. The molecule has 1 saturated carbocycles. The number of aromatic nitrogens is 2. The molecule has 26 heavy (non-hydrogen) atoms. The predicted octanol–water partition coefficient (Wildman–Crippen LogP) is 1.46. The predicted molar refractivity (Wildman–Crippen MR) is 97.3 cm³/mol. The second-order valence-corrected chi connectivity index (χ2v) is 6.45. The van der Waals surface area contributed by atoms with E-state index in [2.05, 4.69) is 27.4 Å². The molecule has 2 atom stereocenters. The number of nitrogens with zero attached hydrogens (tertiary/aromatic N) is 1. The number of nitrogens with two attached hydrogens (primary N) is 1. The molecule has 8 heteroatoms. The molecule has 0 aliphatic heterocycles. The van der Waals surface area contributed by atoms with Crippen molar-refractivity contribution in [3.8, 4) is 0 Å². The third kappa shape index (κ3) is 3.58. The number of hydrogen-bond donors (Lipinski definition) is 4. The lowest BCUT2D eigenvalue weighted by atomic mass is 9.99. The van der Waals surface area contributed by atoms with Gasteiger partial charge in [0.1, 0.15) is 0 Å². The van der Waals surface area contributed by atoms with Gasteiger partial charge in [-0.1, -0.05) is 12.5 Å². The van der Waals surface area contributed by atoms with Crippen molar-refractivity contribution in [1.29, 1.82) is 0 Å². The molecule has 0 radical (unpaired) electrons. The van der Waals surface area contributed by atoms with Crippen LogP contribution in [0, 0.1) is 5.92 Å². The number of primary amides is 1. The van der Waals surface area contributed by atoms with Crippen LogP contribution in [-0.4, -0.2) is 34.0 Å². The van der Waals surface area contributed by atoms with Crippen molar-refractivity contribution in [2.75, 3.05) is 5.32 Å². The molecule has 0 bridgehead atoms. The Morgan fingerprint density at radius 1 is 1.31 bits per heavy atom. The third-order valence-electron chi connectivity index (χ3n) is 4.71. The zero-order chi connectivity index (χ0) is 18.7. The SMILES string of the molecule is C=CCC1CCCC1NC(=O)C(=O)Nc1ccc2[nH]nc(C(N)=O)c2c1. The second-order valence-electron chi connectivity index (χ2n) is 6.45. The molecule has 1 aliphatic carbocycles. The molecule has 136 valence electrons. The highest BCUT2D eigenvalue weighted by atomic mass is 16.2. The van der Waals surface area contributed by atoms with Gasteiger partial charge in [0.25, 0.3) is 5.91 Å². The molecule has 2 aromatic rings. The van der Waals surface area contributed by atoms with Gasteiger partial charge >= 0.3 is 11.8 Å². The Labute approximate surface area is 150 Å². The number of benzene rings is 1. The van der Waals surface area contributed by atoms with Crippen LogP contribution in [0.1, 0.15) is 36.2 Å². The van der Waals surface area contributed by atoms with Crippen LogP contribution in [0.2, 0.25) is 0 Å². The molecule has 3 amide bonds. The summed E-state index contributed by atoms with van der Waals surface area (Å²) in [7, 11) is 0. The van der Waals surface area contributed by atoms with Gasteiger partial charge in [-0.05, 0) is 43.4 Å². The number of anilines is 1. The first-order chi connectivity index (χ1) is 12.5. The molecule has 5 N–H and O–H groups in total. The quantitative estimate of drug-likeness (QED) is 0.478. The lowest BCUT2D eigenvalue weighted by molar-refractivity contribution is -0.136. The lowest BCUT2D eigenvalue weighted by Gasteiger charge is -2.19.